The molecule has 0 amide bonds. The highest BCUT2D eigenvalue weighted by molar-refractivity contribution is 7.18. The predicted molar refractivity (Wildman–Crippen MR) is 108 cm³/mol. The summed E-state index contributed by atoms with van der Waals surface area (Å²) in [5.74, 6) is 0.737. The predicted octanol–water partition coefficient (Wildman–Crippen LogP) is 4.38. The van der Waals surface area contributed by atoms with Gasteiger partial charge in [-0.05, 0) is 30.8 Å². The van der Waals surface area contributed by atoms with Gasteiger partial charge in [0.05, 0.1) is 12.5 Å². The first-order valence-corrected chi connectivity index (χ1v) is 9.31. The molecule has 4 aromatic rings. The Morgan fingerprint density at radius 3 is 2.62 bits per heavy atom. The number of benzene rings is 2. The van der Waals surface area contributed by atoms with Crippen molar-refractivity contribution < 1.29 is 4.74 Å². The summed E-state index contributed by atoms with van der Waals surface area (Å²) in [6.07, 6.45) is 0. The molecule has 0 bridgehead atoms. The minimum absolute atomic E-state index is 0.0718. The van der Waals surface area contributed by atoms with Crippen molar-refractivity contribution in [3.05, 3.63) is 75.4 Å². The third-order valence-electron chi connectivity index (χ3n) is 4.49. The van der Waals surface area contributed by atoms with Gasteiger partial charge in [0.1, 0.15) is 10.6 Å². The molecule has 0 unspecified atom stereocenters. The summed E-state index contributed by atoms with van der Waals surface area (Å²) in [4.78, 5) is 19.8. The molecule has 132 valence electrons. The van der Waals surface area contributed by atoms with Crippen molar-refractivity contribution in [1.29, 1.82) is 0 Å². The third-order valence-corrected chi connectivity index (χ3v) is 5.53. The van der Waals surface area contributed by atoms with Gasteiger partial charge in [0.2, 0.25) is 0 Å². The molecule has 0 fully saturated rings. The second-order valence-electron chi connectivity index (χ2n) is 6.45. The van der Waals surface area contributed by atoms with Crippen LogP contribution in [0, 0.1) is 0 Å². The minimum atomic E-state index is -0.0718. The molecule has 0 atom stereocenters. The smallest absolute Gasteiger partial charge is 0.257 e. The Bertz CT molecular complexity index is 1120. The molecule has 0 radical (unpaired) electrons. The number of ether oxygens (including phenoxy) is 1. The highest BCUT2D eigenvalue weighted by atomic mass is 32.1. The van der Waals surface area contributed by atoms with E-state index in [-0.39, 0.29) is 5.56 Å². The molecule has 0 aliphatic carbocycles. The Morgan fingerprint density at radius 2 is 1.85 bits per heavy atom. The highest BCUT2D eigenvalue weighted by Crippen LogP contribution is 2.34. The summed E-state index contributed by atoms with van der Waals surface area (Å²) in [7, 11) is 3.75. The molecule has 0 saturated heterocycles. The number of aromatic nitrogens is 1. The largest absolute Gasteiger partial charge is 0.496 e. The zero-order chi connectivity index (χ0) is 18.1. The molecule has 4 rings (SSSR count). The Kier molecular flexibility index (Phi) is 4.49. The maximum atomic E-state index is 12.4. The minimum Gasteiger partial charge on any atom is -0.496 e. The van der Waals surface area contributed by atoms with Gasteiger partial charge in [0.15, 0.2) is 0 Å². The number of fused-ring (bicyclic) bond motifs is 3. The van der Waals surface area contributed by atoms with E-state index >= 15 is 0 Å². The van der Waals surface area contributed by atoms with Crippen molar-refractivity contribution in [3.8, 4) is 5.75 Å². The Morgan fingerprint density at radius 1 is 1.04 bits per heavy atom. The summed E-state index contributed by atoms with van der Waals surface area (Å²) in [5, 5.41) is 2.60. The molecule has 2 heterocycles. The fourth-order valence-corrected chi connectivity index (χ4v) is 4.49. The molecule has 2 aromatic carbocycles. The molecule has 0 spiro atoms. The van der Waals surface area contributed by atoms with Gasteiger partial charge < -0.3 is 9.72 Å². The van der Waals surface area contributed by atoms with Crippen molar-refractivity contribution in [2.45, 2.75) is 13.1 Å². The van der Waals surface area contributed by atoms with Crippen LogP contribution < -0.4 is 10.3 Å². The van der Waals surface area contributed by atoms with Crippen molar-refractivity contribution in [3.63, 3.8) is 0 Å². The molecule has 0 saturated carbocycles. The van der Waals surface area contributed by atoms with E-state index in [2.05, 4.69) is 47.3 Å². The van der Waals surface area contributed by atoms with E-state index in [1.54, 1.807) is 18.4 Å². The summed E-state index contributed by atoms with van der Waals surface area (Å²) in [6.45, 7) is 1.71. The third kappa shape index (κ3) is 3.11. The monoisotopic (exact) mass is 364 g/mol. The lowest BCUT2D eigenvalue weighted by Gasteiger charge is -2.15. The molecule has 26 heavy (non-hydrogen) atoms. The number of nitrogens with one attached hydrogen (secondary N) is 1. The summed E-state index contributed by atoms with van der Waals surface area (Å²) in [6, 6.07) is 18.2. The molecule has 2 aromatic heterocycles. The van der Waals surface area contributed by atoms with Gasteiger partial charge in [0.25, 0.3) is 5.56 Å². The second kappa shape index (κ2) is 6.94. The lowest BCUT2D eigenvalue weighted by atomic mass is 10.1. The molecule has 4 nitrogen and oxygen atoms in total. The lowest BCUT2D eigenvalue weighted by Crippen LogP contribution is -2.16. The van der Waals surface area contributed by atoms with Gasteiger partial charge in [0, 0.05) is 28.7 Å². The average Bonchev–Trinajstić information content (AvgIpc) is 3.04. The number of pyridine rings is 1. The lowest BCUT2D eigenvalue weighted by molar-refractivity contribution is 0.322. The topological polar surface area (TPSA) is 45.3 Å². The molecular weight excluding hydrogens is 344 g/mol. The number of H-pyrrole nitrogens is 1. The van der Waals surface area contributed by atoms with Crippen LogP contribution in [0.5, 0.6) is 5.75 Å². The van der Waals surface area contributed by atoms with Gasteiger partial charge in [-0.1, -0.05) is 36.4 Å². The zero-order valence-corrected chi connectivity index (χ0v) is 15.6. The molecule has 0 aliphatic rings. The standard InChI is InChI=1S/C21H20N2O2S/c1-23(12-14-7-4-3-5-8-14)13-15-11-17-19-16(9-6-10-18(19)25-2)20(24)22-21(17)26-15/h3-11H,12-13H2,1-2H3,(H,22,24). The Labute approximate surface area is 155 Å². The number of thiophene rings is 1. The van der Waals surface area contributed by atoms with Crippen LogP contribution in [0.25, 0.3) is 21.0 Å². The van der Waals surface area contributed by atoms with Crippen LogP contribution in [-0.2, 0) is 13.1 Å². The maximum absolute atomic E-state index is 12.4. The number of nitrogens with zero attached hydrogens (tertiary/aromatic N) is 1. The van der Waals surface area contributed by atoms with E-state index in [1.807, 2.05) is 24.3 Å². The molecule has 1 N–H and O–H groups in total. The van der Waals surface area contributed by atoms with E-state index in [0.717, 1.165) is 34.4 Å². The fourth-order valence-electron chi connectivity index (χ4n) is 3.35. The number of hydrogen-bond donors (Lipinski definition) is 1. The number of rotatable bonds is 5. The van der Waals surface area contributed by atoms with E-state index in [1.165, 1.54) is 10.4 Å². The quantitative estimate of drug-likeness (QED) is 0.571. The summed E-state index contributed by atoms with van der Waals surface area (Å²) >= 11 is 1.63. The molecule has 5 heteroatoms. The first-order valence-electron chi connectivity index (χ1n) is 8.49. The van der Waals surface area contributed by atoms with Crippen LogP contribution in [0.1, 0.15) is 10.4 Å². The van der Waals surface area contributed by atoms with E-state index in [4.69, 9.17) is 4.74 Å². The number of methoxy groups -OCH3 is 1. The van der Waals surface area contributed by atoms with Crippen LogP contribution in [0.15, 0.2) is 59.4 Å². The van der Waals surface area contributed by atoms with Gasteiger partial charge in [-0.15, -0.1) is 11.3 Å². The summed E-state index contributed by atoms with van der Waals surface area (Å²) < 4.78 is 5.50. The average molecular weight is 364 g/mol. The van der Waals surface area contributed by atoms with Gasteiger partial charge in [-0.3, -0.25) is 9.69 Å². The summed E-state index contributed by atoms with van der Waals surface area (Å²) in [5.41, 5.74) is 1.22. The SMILES string of the molecule is COc1cccc2c(=O)[nH]c3sc(CN(C)Cc4ccccc4)cc3c12. The van der Waals surface area contributed by atoms with Crippen LogP contribution >= 0.6 is 11.3 Å². The maximum Gasteiger partial charge on any atom is 0.257 e. The highest BCUT2D eigenvalue weighted by Gasteiger charge is 2.13. The van der Waals surface area contributed by atoms with E-state index < -0.39 is 0 Å². The van der Waals surface area contributed by atoms with Gasteiger partial charge in [-0.25, -0.2) is 0 Å². The Balaban J connectivity index is 1.71. The fraction of sp³-hybridized carbons (Fsp3) is 0.190. The second-order valence-corrected chi connectivity index (χ2v) is 7.59. The van der Waals surface area contributed by atoms with Crippen LogP contribution in [-0.4, -0.2) is 24.0 Å². The van der Waals surface area contributed by atoms with Crippen LogP contribution in [0.2, 0.25) is 0 Å². The first-order chi connectivity index (χ1) is 12.7. The van der Waals surface area contributed by atoms with Crippen molar-refractivity contribution >= 4 is 32.3 Å². The van der Waals surface area contributed by atoms with Crippen molar-refractivity contribution in [1.82, 2.24) is 9.88 Å². The Hall–Kier alpha value is -2.63. The molecular formula is C21H20N2O2S. The van der Waals surface area contributed by atoms with Gasteiger partial charge in [-0.2, -0.15) is 0 Å². The number of hydrogen-bond acceptors (Lipinski definition) is 4. The zero-order valence-electron chi connectivity index (χ0n) is 14.8. The van der Waals surface area contributed by atoms with Crippen LogP contribution in [0.4, 0.5) is 0 Å². The van der Waals surface area contributed by atoms with E-state index in [9.17, 15) is 4.79 Å². The van der Waals surface area contributed by atoms with Crippen molar-refractivity contribution in [2.75, 3.05) is 14.2 Å². The van der Waals surface area contributed by atoms with E-state index in [0.29, 0.717) is 5.39 Å². The van der Waals surface area contributed by atoms with Gasteiger partial charge >= 0.3 is 0 Å². The molecule has 0 aliphatic heterocycles. The van der Waals surface area contributed by atoms with Crippen LogP contribution in [0.3, 0.4) is 0 Å². The normalized spacial score (nSPS) is 11.5. The number of aromatic amines is 1. The first kappa shape index (κ1) is 16.8. The van der Waals surface area contributed by atoms with Crippen molar-refractivity contribution in [2.24, 2.45) is 0 Å².